The zero-order valence-corrected chi connectivity index (χ0v) is 6.39. The van der Waals surface area contributed by atoms with Crippen molar-refractivity contribution in [2.45, 2.75) is 20.8 Å². The second-order valence-corrected chi connectivity index (χ2v) is 4.10. The quantitative estimate of drug-likeness (QED) is 0.469. The molecule has 0 saturated heterocycles. The Morgan fingerprint density at radius 2 is 1.67 bits per heavy atom. The summed E-state index contributed by atoms with van der Waals surface area (Å²) >= 11 is 0. The highest BCUT2D eigenvalue weighted by Crippen LogP contribution is 2.64. The summed E-state index contributed by atoms with van der Waals surface area (Å²) in [6.07, 6.45) is 4.66. The standard InChI is InChI=1S/C9H14/c1-6-8(7-4-5-7)9(6,2)3/h4-8H,1-3H3. The van der Waals surface area contributed by atoms with E-state index in [1.807, 2.05) is 0 Å². The lowest BCUT2D eigenvalue weighted by molar-refractivity contribution is 0.529. The van der Waals surface area contributed by atoms with Gasteiger partial charge in [-0.1, -0.05) is 32.9 Å². The van der Waals surface area contributed by atoms with Crippen LogP contribution in [0.15, 0.2) is 12.2 Å². The van der Waals surface area contributed by atoms with Crippen molar-refractivity contribution in [3.63, 3.8) is 0 Å². The molecule has 2 aliphatic carbocycles. The number of hydrogen-bond acceptors (Lipinski definition) is 0. The van der Waals surface area contributed by atoms with Gasteiger partial charge in [0.2, 0.25) is 0 Å². The summed E-state index contributed by atoms with van der Waals surface area (Å²) in [6, 6.07) is 0. The van der Waals surface area contributed by atoms with Gasteiger partial charge >= 0.3 is 0 Å². The number of hydrogen-bond donors (Lipinski definition) is 0. The van der Waals surface area contributed by atoms with Crippen molar-refractivity contribution < 1.29 is 0 Å². The second-order valence-electron chi connectivity index (χ2n) is 4.10. The minimum absolute atomic E-state index is 0.647. The van der Waals surface area contributed by atoms with Crippen molar-refractivity contribution in [2.75, 3.05) is 0 Å². The predicted octanol–water partition coefficient (Wildman–Crippen LogP) is 2.46. The molecule has 0 heteroatoms. The third-order valence-electron chi connectivity index (χ3n) is 3.29. The summed E-state index contributed by atoms with van der Waals surface area (Å²) in [5.74, 6) is 2.82. The summed E-state index contributed by atoms with van der Waals surface area (Å²) in [7, 11) is 0. The Labute approximate surface area is 57.0 Å². The fourth-order valence-corrected chi connectivity index (χ4v) is 2.07. The predicted molar refractivity (Wildman–Crippen MR) is 39.1 cm³/mol. The Balaban J connectivity index is 2.03. The van der Waals surface area contributed by atoms with E-state index in [0.29, 0.717) is 5.41 Å². The van der Waals surface area contributed by atoms with Crippen LogP contribution in [0.4, 0.5) is 0 Å². The van der Waals surface area contributed by atoms with E-state index in [2.05, 4.69) is 32.9 Å². The van der Waals surface area contributed by atoms with E-state index >= 15 is 0 Å². The summed E-state index contributed by atoms with van der Waals surface area (Å²) in [6.45, 7) is 7.12. The molecule has 0 heterocycles. The van der Waals surface area contributed by atoms with Crippen molar-refractivity contribution in [1.29, 1.82) is 0 Å². The van der Waals surface area contributed by atoms with E-state index in [0.717, 1.165) is 17.8 Å². The van der Waals surface area contributed by atoms with Crippen molar-refractivity contribution in [1.82, 2.24) is 0 Å². The molecule has 0 amide bonds. The van der Waals surface area contributed by atoms with E-state index in [1.54, 1.807) is 0 Å². The zero-order valence-electron chi connectivity index (χ0n) is 6.39. The maximum Gasteiger partial charge on any atom is -0.00168 e. The highest BCUT2D eigenvalue weighted by Gasteiger charge is 2.58. The minimum Gasteiger partial charge on any atom is -0.0807 e. The molecule has 0 N–H and O–H groups in total. The third kappa shape index (κ3) is 0.593. The largest absolute Gasteiger partial charge is 0.0807 e. The Bertz CT molecular complexity index is 159. The molecular formula is C9H14. The molecule has 1 saturated carbocycles. The molecule has 2 aliphatic rings. The maximum atomic E-state index is 2.38. The van der Waals surface area contributed by atoms with Crippen molar-refractivity contribution in [2.24, 2.45) is 23.2 Å². The van der Waals surface area contributed by atoms with Gasteiger partial charge in [0.15, 0.2) is 0 Å². The van der Waals surface area contributed by atoms with Gasteiger partial charge in [-0.25, -0.2) is 0 Å². The zero-order chi connectivity index (χ0) is 6.65. The number of rotatable bonds is 1. The van der Waals surface area contributed by atoms with Gasteiger partial charge < -0.3 is 0 Å². The molecule has 2 unspecified atom stereocenters. The van der Waals surface area contributed by atoms with Gasteiger partial charge in [-0.05, 0) is 23.2 Å². The Kier molecular flexibility index (Phi) is 0.769. The van der Waals surface area contributed by atoms with Gasteiger partial charge in [0.25, 0.3) is 0 Å². The van der Waals surface area contributed by atoms with E-state index in [9.17, 15) is 0 Å². The topological polar surface area (TPSA) is 0 Å². The van der Waals surface area contributed by atoms with Crippen LogP contribution in [0.5, 0.6) is 0 Å². The van der Waals surface area contributed by atoms with Gasteiger partial charge in [0.1, 0.15) is 0 Å². The van der Waals surface area contributed by atoms with E-state index in [-0.39, 0.29) is 0 Å². The van der Waals surface area contributed by atoms with E-state index in [1.165, 1.54) is 0 Å². The first-order chi connectivity index (χ1) is 4.14. The number of allylic oxidation sites excluding steroid dienone is 2. The molecule has 0 aromatic rings. The molecule has 0 spiro atoms. The molecule has 2 atom stereocenters. The molecule has 0 radical (unpaired) electrons. The lowest BCUT2D eigenvalue weighted by Gasteiger charge is -1.98. The fourth-order valence-electron chi connectivity index (χ4n) is 2.07. The first-order valence-corrected chi connectivity index (χ1v) is 3.82. The van der Waals surface area contributed by atoms with Crippen LogP contribution in [0.25, 0.3) is 0 Å². The Morgan fingerprint density at radius 1 is 1.22 bits per heavy atom. The molecule has 0 aromatic heterocycles. The second kappa shape index (κ2) is 1.25. The lowest BCUT2D eigenvalue weighted by atomic mass is 10.1. The smallest absolute Gasteiger partial charge is 0.00168 e. The molecule has 0 nitrogen and oxygen atoms in total. The van der Waals surface area contributed by atoms with Crippen LogP contribution in [-0.2, 0) is 0 Å². The molecule has 1 fully saturated rings. The monoisotopic (exact) mass is 122 g/mol. The average molecular weight is 122 g/mol. The van der Waals surface area contributed by atoms with Gasteiger partial charge in [0.05, 0.1) is 0 Å². The van der Waals surface area contributed by atoms with Crippen LogP contribution < -0.4 is 0 Å². The fraction of sp³-hybridized carbons (Fsp3) is 0.778. The lowest BCUT2D eigenvalue weighted by Crippen LogP contribution is -1.91. The molecule has 0 aliphatic heterocycles. The Hall–Kier alpha value is -0.260. The van der Waals surface area contributed by atoms with E-state index in [4.69, 9.17) is 0 Å². The van der Waals surface area contributed by atoms with Crippen molar-refractivity contribution >= 4 is 0 Å². The molecule has 0 bridgehead atoms. The molecule has 50 valence electrons. The van der Waals surface area contributed by atoms with Crippen LogP contribution in [-0.4, -0.2) is 0 Å². The van der Waals surface area contributed by atoms with Crippen LogP contribution in [0.3, 0.4) is 0 Å². The highest BCUT2D eigenvalue weighted by molar-refractivity contribution is 5.24. The van der Waals surface area contributed by atoms with Crippen LogP contribution >= 0.6 is 0 Å². The molecule has 2 rings (SSSR count). The first-order valence-electron chi connectivity index (χ1n) is 3.82. The summed E-state index contributed by atoms with van der Waals surface area (Å²) in [4.78, 5) is 0. The van der Waals surface area contributed by atoms with Crippen LogP contribution in [0.1, 0.15) is 20.8 Å². The third-order valence-corrected chi connectivity index (χ3v) is 3.29. The van der Waals surface area contributed by atoms with E-state index < -0.39 is 0 Å². The van der Waals surface area contributed by atoms with Crippen LogP contribution in [0.2, 0.25) is 0 Å². The van der Waals surface area contributed by atoms with Gasteiger partial charge in [-0.15, -0.1) is 0 Å². The summed E-state index contributed by atoms with van der Waals surface area (Å²) in [5.41, 5.74) is 0.647. The van der Waals surface area contributed by atoms with Crippen LogP contribution in [0, 0.1) is 23.2 Å². The molecular weight excluding hydrogens is 108 g/mol. The van der Waals surface area contributed by atoms with Crippen molar-refractivity contribution in [3.05, 3.63) is 12.2 Å². The molecule has 9 heavy (non-hydrogen) atoms. The maximum absolute atomic E-state index is 2.38. The Morgan fingerprint density at radius 3 is 1.78 bits per heavy atom. The average Bonchev–Trinajstić information content (AvgIpc) is 2.54. The summed E-state index contributed by atoms with van der Waals surface area (Å²) < 4.78 is 0. The SMILES string of the molecule is CC1C(C2C=C2)C1(C)C. The minimum atomic E-state index is 0.647. The van der Waals surface area contributed by atoms with Crippen molar-refractivity contribution in [3.8, 4) is 0 Å². The normalized spacial score (nSPS) is 45.2. The van der Waals surface area contributed by atoms with Gasteiger partial charge in [-0.2, -0.15) is 0 Å². The summed E-state index contributed by atoms with van der Waals surface area (Å²) in [5, 5.41) is 0. The highest BCUT2D eigenvalue weighted by atomic mass is 14.6. The molecule has 0 aromatic carbocycles. The van der Waals surface area contributed by atoms with Gasteiger partial charge in [-0.3, -0.25) is 0 Å². The van der Waals surface area contributed by atoms with Gasteiger partial charge in [0, 0.05) is 0 Å². The first kappa shape index (κ1) is 5.52.